The third-order valence-electron chi connectivity index (χ3n) is 2.47. The molecule has 0 aliphatic rings. The molecule has 0 saturated carbocycles. The number of hydrogen-bond donors (Lipinski definition) is 1. The number of nitrogens with two attached hydrogens (primary N) is 1. The molecule has 0 atom stereocenters. The molecule has 0 saturated heterocycles. The van der Waals surface area contributed by atoms with Crippen LogP contribution in [0.4, 0.5) is 0 Å². The number of rotatable bonds is 4. The molecule has 0 amide bonds. The van der Waals surface area contributed by atoms with E-state index in [1.807, 2.05) is 36.4 Å². The summed E-state index contributed by atoms with van der Waals surface area (Å²) in [6, 6.07) is 13.3. The minimum absolute atomic E-state index is 0.591. The maximum absolute atomic E-state index is 5.93. The van der Waals surface area contributed by atoms with Gasteiger partial charge in [-0.2, -0.15) is 0 Å². The first-order chi connectivity index (χ1) is 8.69. The molecule has 2 N–H and O–H groups in total. The van der Waals surface area contributed by atoms with Crippen LogP contribution in [0, 0.1) is 0 Å². The molecular formula is C14H13BrClNO. The smallest absolute Gasteiger partial charge is 0.131 e. The minimum Gasteiger partial charge on any atom is -0.457 e. The van der Waals surface area contributed by atoms with Gasteiger partial charge in [0.25, 0.3) is 0 Å². The molecule has 2 nitrogen and oxygen atoms in total. The molecule has 4 heteroatoms. The van der Waals surface area contributed by atoms with E-state index in [4.69, 9.17) is 22.1 Å². The minimum atomic E-state index is 0.591. The Morgan fingerprint density at radius 2 is 2.00 bits per heavy atom. The number of halogens is 2. The predicted molar refractivity (Wildman–Crippen MR) is 78.4 cm³/mol. The van der Waals surface area contributed by atoms with Crippen LogP contribution >= 0.6 is 27.5 Å². The lowest BCUT2D eigenvalue weighted by Gasteiger charge is -2.11. The van der Waals surface area contributed by atoms with Crippen molar-refractivity contribution in [1.82, 2.24) is 0 Å². The van der Waals surface area contributed by atoms with E-state index in [2.05, 4.69) is 15.9 Å². The van der Waals surface area contributed by atoms with Crippen LogP contribution in [0.1, 0.15) is 5.56 Å². The van der Waals surface area contributed by atoms with Crippen molar-refractivity contribution in [2.24, 2.45) is 5.73 Å². The highest BCUT2D eigenvalue weighted by molar-refractivity contribution is 9.10. The van der Waals surface area contributed by atoms with Crippen LogP contribution in [0.25, 0.3) is 0 Å². The van der Waals surface area contributed by atoms with Crippen molar-refractivity contribution in [3.8, 4) is 11.5 Å². The summed E-state index contributed by atoms with van der Waals surface area (Å²) < 4.78 is 6.83. The molecular weight excluding hydrogens is 314 g/mol. The van der Waals surface area contributed by atoms with E-state index in [1.54, 1.807) is 6.07 Å². The second kappa shape index (κ2) is 6.23. The van der Waals surface area contributed by atoms with E-state index in [0.717, 1.165) is 28.0 Å². The Hall–Kier alpha value is -1.03. The zero-order chi connectivity index (χ0) is 13.0. The standard InChI is InChI=1S/C14H13BrClNO/c15-11-5-4-10(6-7-17)14(8-11)18-13-3-1-2-12(16)9-13/h1-5,8-9H,6-7,17H2. The summed E-state index contributed by atoms with van der Waals surface area (Å²) in [6.45, 7) is 0.591. The third kappa shape index (κ3) is 3.48. The SMILES string of the molecule is NCCc1ccc(Br)cc1Oc1cccc(Cl)c1. The van der Waals surface area contributed by atoms with Gasteiger partial charge in [-0.05, 0) is 48.9 Å². The van der Waals surface area contributed by atoms with Crippen molar-refractivity contribution in [3.05, 3.63) is 57.5 Å². The van der Waals surface area contributed by atoms with E-state index in [1.165, 1.54) is 0 Å². The summed E-state index contributed by atoms with van der Waals surface area (Å²) in [4.78, 5) is 0. The maximum atomic E-state index is 5.93. The van der Waals surface area contributed by atoms with Crippen LogP contribution < -0.4 is 10.5 Å². The number of ether oxygens (including phenoxy) is 1. The molecule has 0 spiro atoms. The van der Waals surface area contributed by atoms with Crippen molar-refractivity contribution in [1.29, 1.82) is 0 Å². The summed E-state index contributed by atoms with van der Waals surface area (Å²) in [6.07, 6.45) is 0.781. The van der Waals surface area contributed by atoms with Gasteiger partial charge in [-0.1, -0.05) is 39.7 Å². The van der Waals surface area contributed by atoms with Crippen LogP contribution in [0.2, 0.25) is 5.02 Å². The number of hydrogen-bond acceptors (Lipinski definition) is 2. The Morgan fingerprint density at radius 1 is 1.17 bits per heavy atom. The molecule has 2 aromatic rings. The first-order valence-corrected chi connectivity index (χ1v) is 6.78. The molecule has 2 rings (SSSR count). The third-order valence-corrected chi connectivity index (χ3v) is 3.20. The van der Waals surface area contributed by atoms with Gasteiger partial charge in [0.1, 0.15) is 11.5 Å². The average Bonchev–Trinajstić information content (AvgIpc) is 2.33. The molecule has 0 aliphatic heterocycles. The highest BCUT2D eigenvalue weighted by Crippen LogP contribution is 2.30. The van der Waals surface area contributed by atoms with E-state index in [-0.39, 0.29) is 0 Å². The van der Waals surface area contributed by atoms with Gasteiger partial charge < -0.3 is 10.5 Å². The Bertz CT molecular complexity index is 545. The van der Waals surface area contributed by atoms with Gasteiger partial charge in [0, 0.05) is 9.50 Å². The van der Waals surface area contributed by atoms with Crippen LogP contribution in [0.5, 0.6) is 11.5 Å². The normalized spacial score (nSPS) is 10.4. The van der Waals surface area contributed by atoms with Gasteiger partial charge in [-0.3, -0.25) is 0 Å². The second-order valence-electron chi connectivity index (χ2n) is 3.85. The van der Waals surface area contributed by atoms with Gasteiger partial charge in [-0.25, -0.2) is 0 Å². The fourth-order valence-electron chi connectivity index (χ4n) is 1.64. The fourth-order valence-corrected chi connectivity index (χ4v) is 2.16. The summed E-state index contributed by atoms with van der Waals surface area (Å²) >= 11 is 9.37. The quantitative estimate of drug-likeness (QED) is 0.904. The fraction of sp³-hybridized carbons (Fsp3) is 0.143. The lowest BCUT2D eigenvalue weighted by atomic mass is 10.1. The van der Waals surface area contributed by atoms with Gasteiger partial charge >= 0.3 is 0 Å². The molecule has 0 fully saturated rings. The average molecular weight is 327 g/mol. The largest absolute Gasteiger partial charge is 0.457 e. The van der Waals surface area contributed by atoms with Gasteiger partial charge in [0.05, 0.1) is 0 Å². The Kier molecular flexibility index (Phi) is 4.64. The van der Waals surface area contributed by atoms with Crippen molar-refractivity contribution in [3.63, 3.8) is 0 Å². The molecule has 18 heavy (non-hydrogen) atoms. The Balaban J connectivity index is 2.29. The Labute approximate surface area is 120 Å². The van der Waals surface area contributed by atoms with E-state index in [9.17, 15) is 0 Å². The van der Waals surface area contributed by atoms with Crippen LogP contribution in [-0.4, -0.2) is 6.54 Å². The molecule has 0 aromatic heterocycles. The van der Waals surface area contributed by atoms with Crippen molar-refractivity contribution in [2.45, 2.75) is 6.42 Å². The predicted octanol–water partition coefficient (Wildman–Crippen LogP) is 4.40. The summed E-state index contributed by atoms with van der Waals surface area (Å²) in [5.41, 5.74) is 6.68. The second-order valence-corrected chi connectivity index (χ2v) is 5.20. The highest BCUT2D eigenvalue weighted by atomic mass is 79.9. The number of benzene rings is 2. The van der Waals surface area contributed by atoms with Gasteiger partial charge in [0.2, 0.25) is 0 Å². The zero-order valence-corrected chi connectivity index (χ0v) is 12.0. The Morgan fingerprint density at radius 3 is 2.72 bits per heavy atom. The molecule has 0 aliphatic carbocycles. The van der Waals surface area contributed by atoms with Crippen molar-refractivity contribution >= 4 is 27.5 Å². The van der Waals surface area contributed by atoms with Crippen LogP contribution in [0.3, 0.4) is 0 Å². The first kappa shape index (κ1) is 13.4. The molecule has 2 aromatic carbocycles. The van der Waals surface area contributed by atoms with Crippen molar-refractivity contribution in [2.75, 3.05) is 6.54 Å². The van der Waals surface area contributed by atoms with Crippen LogP contribution in [-0.2, 0) is 6.42 Å². The molecule has 94 valence electrons. The highest BCUT2D eigenvalue weighted by Gasteiger charge is 2.06. The monoisotopic (exact) mass is 325 g/mol. The zero-order valence-electron chi connectivity index (χ0n) is 9.70. The van der Waals surface area contributed by atoms with E-state index < -0.39 is 0 Å². The topological polar surface area (TPSA) is 35.2 Å². The molecule has 0 unspecified atom stereocenters. The van der Waals surface area contributed by atoms with E-state index >= 15 is 0 Å². The van der Waals surface area contributed by atoms with Gasteiger partial charge in [-0.15, -0.1) is 0 Å². The van der Waals surface area contributed by atoms with Gasteiger partial charge in [0.15, 0.2) is 0 Å². The van der Waals surface area contributed by atoms with Crippen molar-refractivity contribution < 1.29 is 4.74 Å². The lowest BCUT2D eigenvalue weighted by molar-refractivity contribution is 0.476. The lowest BCUT2D eigenvalue weighted by Crippen LogP contribution is -2.04. The molecule has 0 radical (unpaired) electrons. The summed E-state index contributed by atoms with van der Waals surface area (Å²) in [5.74, 6) is 1.52. The summed E-state index contributed by atoms with van der Waals surface area (Å²) in [7, 11) is 0. The first-order valence-electron chi connectivity index (χ1n) is 5.61. The molecule has 0 heterocycles. The maximum Gasteiger partial charge on any atom is 0.131 e. The van der Waals surface area contributed by atoms with E-state index in [0.29, 0.717) is 11.6 Å². The van der Waals surface area contributed by atoms with Crippen LogP contribution in [0.15, 0.2) is 46.9 Å². The summed E-state index contributed by atoms with van der Waals surface area (Å²) in [5, 5.41) is 0.655. The molecule has 0 bridgehead atoms.